The quantitative estimate of drug-likeness (QED) is 0.0865. The van der Waals surface area contributed by atoms with Gasteiger partial charge in [-0.1, -0.05) is 77.6 Å². The highest BCUT2D eigenvalue weighted by Crippen LogP contribution is 2.46. The molecular weight excluding hydrogens is 451 g/mol. The van der Waals surface area contributed by atoms with Gasteiger partial charge in [0.05, 0.1) is 27.2 Å². The lowest BCUT2D eigenvalue weighted by Gasteiger charge is -2.40. The molecule has 0 aromatic carbocycles. The van der Waals surface area contributed by atoms with Gasteiger partial charge >= 0.3 is 7.82 Å². The highest BCUT2D eigenvalue weighted by atomic mass is 31.2. The second-order valence-electron chi connectivity index (χ2n) is 11.3. The van der Waals surface area contributed by atoms with Gasteiger partial charge in [0.1, 0.15) is 12.1 Å². The lowest BCUT2D eigenvalue weighted by atomic mass is 9.87. The van der Waals surface area contributed by atoms with Crippen LogP contribution in [-0.4, -0.2) is 66.3 Å². The van der Waals surface area contributed by atoms with Gasteiger partial charge < -0.3 is 24.7 Å². The van der Waals surface area contributed by atoms with Crippen LogP contribution >= 0.6 is 7.82 Å². The van der Waals surface area contributed by atoms with Gasteiger partial charge in [-0.05, 0) is 33.1 Å². The van der Waals surface area contributed by atoms with E-state index in [1.165, 1.54) is 64.2 Å². The Kier molecular flexibility index (Phi) is 18.3. The highest BCUT2D eigenvalue weighted by Gasteiger charge is 2.43. The van der Waals surface area contributed by atoms with Gasteiger partial charge in [0.25, 0.3) is 0 Å². The molecular formula is C26H58N2O5P+. The molecule has 0 aliphatic carbocycles. The minimum atomic E-state index is -4.66. The summed E-state index contributed by atoms with van der Waals surface area (Å²) in [5, 5.41) is 0. The van der Waals surface area contributed by atoms with Crippen LogP contribution in [0.1, 0.15) is 117 Å². The van der Waals surface area contributed by atoms with Gasteiger partial charge in [-0.3, -0.25) is 4.52 Å². The van der Waals surface area contributed by atoms with Crippen molar-refractivity contribution >= 4 is 7.82 Å². The Hall–Kier alpha value is -0.0100. The first-order valence-electron chi connectivity index (χ1n) is 13.8. The van der Waals surface area contributed by atoms with E-state index in [1.54, 1.807) is 0 Å². The highest BCUT2D eigenvalue weighted by molar-refractivity contribution is 7.46. The molecule has 0 bridgehead atoms. The summed E-state index contributed by atoms with van der Waals surface area (Å²) in [6.07, 6.45) is 16.8. The zero-order valence-corrected chi connectivity index (χ0v) is 24.2. The summed E-state index contributed by atoms with van der Waals surface area (Å²) in [5.74, 6) is 0. The fourth-order valence-corrected chi connectivity index (χ4v) is 5.73. The van der Waals surface area contributed by atoms with E-state index >= 15 is 0 Å². The standard InChI is InChI=1S/C26H57N2O5P/c1-7-9-10-11-12-13-14-15-16-17-18-19-25(27)20-21-26(23-28(4,5)6,33-34(29,30)31)22-24(3)32-8-2/h24-25H,7-23,27H2,1-6H3,(H-,29,30,31)/p+1. The zero-order chi connectivity index (χ0) is 26.1. The van der Waals surface area contributed by atoms with E-state index in [2.05, 4.69) is 6.92 Å². The molecule has 0 rings (SSSR count). The van der Waals surface area contributed by atoms with Gasteiger partial charge in [-0.15, -0.1) is 0 Å². The molecule has 0 heterocycles. The van der Waals surface area contributed by atoms with Gasteiger partial charge in [-0.2, -0.15) is 0 Å². The molecule has 3 atom stereocenters. The zero-order valence-electron chi connectivity index (χ0n) is 23.3. The van der Waals surface area contributed by atoms with Gasteiger partial charge in [0, 0.05) is 19.1 Å². The first-order valence-corrected chi connectivity index (χ1v) is 15.3. The molecule has 0 saturated carbocycles. The molecule has 3 unspecified atom stereocenters. The average Bonchev–Trinajstić information content (AvgIpc) is 2.68. The fourth-order valence-electron chi connectivity index (χ4n) is 5.01. The van der Waals surface area contributed by atoms with Crippen LogP contribution in [0.5, 0.6) is 0 Å². The normalized spacial score (nSPS) is 16.4. The van der Waals surface area contributed by atoms with Gasteiger partial charge in [-0.25, -0.2) is 4.57 Å². The minimum Gasteiger partial charge on any atom is -0.379 e. The average molecular weight is 510 g/mol. The maximum atomic E-state index is 11.9. The van der Waals surface area contributed by atoms with Crippen molar-refractivity contribution in [3.63, 3.8) is 0 Å². The summed E-state index contributed by atoms with van der Waals surface area (Å²) in [7, 11) is 1.36. The summed E-state index contributed by atoms with van der Waals surface area (Å²) < 4.78 is 23.6. The number of rotatable bonds is 23. The molecule has 4 N–H and O–H groups in total. The van der Waals surface area contributed by atoms with E-state index in [1.807, 2.05) is 35.0 Å². The molecule has 34 heavy (non-hydrogen) atoms. The number of ether oxygens (including phenoxy) is 1. The Morgan fingerprint density at radius 2 is 1.38 bits per heavy atom. The molecule has 0 amide bonds. The maximum Gasteiger partial charge on any atom is 0.470 e. The largest absolute Gasteiger partial charge is 0.470 e. The van der Waals surface area contributed by atoms with Crippen molar-refractivity contribution in [1.82, 2.24) is 0 Å². The van der Waals surface area contributed by atoms with Crippen molar-refractivity contribution in [3.05, 3.63) is 0 Å². The van der Waals surface area contributed by atoms with E-state index in [0.29, 0.717) is 36.9 Å². The number of unbranched alkanes of at least 4 members (excludes halogenated alkanes) is 10. The number of likely N-dealkylation sites (N-methyl/N-ethyl adjacent to an activating group) is 1. The molecule has 0 aliphatic rings. The van der Waals surface area contributed by atoms with Crippen molar-refractivity contribution in [2.24, 2.45) is 5.73 Å². The number of phosphoric ester groups is 1. The molecule has 0 aromatic rings. The molecule has 8 heteroatoms. The number of nitrogens with two attached hydrogens (primary N) is 1. The van der Waals surface area contributed by atoms with E-state index in [-0.39, 0.29) is 12.1 Å². The molecule has 0 aromatic heterocycles. The molecule has 206 valence electrons. The third-order valence-corrected chi connectivity index (χ3v) is 6.96. The molecule has 0 fully saturated rings. The van der Waals surface area contributed by atoms with Crippen molar-refractivity contribution in [2.45, 2.75) is 135 Å². The van der Waals surface area contributed by atoms with Crippen LogP contribution in [0.25, 0.3) is 0 Å². The monoisotopic (exact) mass is 509 g/mol. The van der Waals surface area contributed by atoms with Crippen LogP contribution < -0.4 is 5.73 Å². The number of nitrogens with zero attached hydrogens (tertiary/aromatic N) is 1. The van der Waals surface area contributed by atoms with Crippen LogP contribution in [0.4, 0.5) is 0 Å². The Labute approximate surface area is 211 Å². The minimum absolute atomic E-state index is 0.00757. The number of phosphoric acid groups is 1. The summed E-state index contributed by atoms with van der Waals surface area (Å²) in [6.45, 7) is 7.14. The fraction of sp³-hybridized carbons (Fsp3) is 1.00. The molecule has 0 saturated heterocycles. The van der Waals surface area contributed by atoms with E-state index in [9.17, 15) is 14.4 Å². The summed E-state index contributed by atoms with van der Waals surface area (Å²) in [6, 6.07) is 0.00757. The number of quaternary nitrogens is 1. The molecule has 7 nitrogen and oxygen atoms in total. The van der Waals surface area contributed by atoms with Crippen molar-refractivity contribution in [1.29, 1.82) is 0 Å². The smallest absolute Gasteiger partial charge is 0.379 e. The lowest BCUT2D eigenvalue weighted by Crippen LogP contribution is -2.52. The predicted molar refractivity (Wildman–Crippen MR) is 143 cm³/mol. The third-order valence-electron chi connectivity index (χ3n) is 6.33. The predicted octanol–water partition coefficient (Wildman–Crippen LogP) is 6.16. The maximum absolute atomic E-state index is 11.9. The molecule has 0 spiro atoms. The summed E-state index contributed by atoms with van der Waals surface area (Å²) in [4.78, 5) is 19.4. The number of hydrogen-bond donors (Lipinski definition) is 3. The summed E-state index contributed by atoms with van der Waals surface area (Å²) in [5.41, 5.74) is 5.45. The van der Waals surface area contributed by atoms with Crippen LogP contribution in [0.3, 0.4) is 0 Å². The Balaban J connectivity index is 4.57. The van der Waals surface area contributed by atoms with Gasteiger partial charge in [0.15, 0.2) is 0 Å². The molecule has 0 aliphatic heterocycles. The van der Waals surface area contributed by atoms with Crippen LogP contribution in [-0.2, 0) is 13.8 Å². The van der Waals surface area contributed by atoms with Crippen LogP contribution in [0, 0.1) is 0 Å². The Morgan fingerprint density at radius 3 is 1.82 bits per heavy atom. The summed E-state index contributed by atoms with van der Waals surface area (Å²) >= 11 is 0. The van der Waals surface area contributed by atoms with Crippen molar-refractivity contribution in [3.8, 4) is 0 Å². The Morgan fingerprint density at radius 1 is 0.882 bits per heavy atom. The molecule has 0 radical (unpaired) electrons. The second-order valence-corrected chi connectivity index (χ2v) is 12.5. The van der Waals surface area contributed by atoms with Gasteiger partial charge in [0.2, 0.25) is 0 Å². The van der Waals surface area contributed by atoms with Crippen molar-refractivity contribution in [2.75, 3.05) is 34.3 Å². The second kappa shape index (κ2) is 18.3. The first kappa shape index (κ1) is 34.0. The lowest BCUT2D eigenvalue weighted by molar-refractivity contribution is -0.876. The SMILES string of the molecule is CCCCCCCCCCCCCC(N)CCC(CC(C)OCC)(C[N+](C)(C)C)OP(=O)(O)O. The number of hydrogen-bond acceptors (Lipinski definition) is 4. The van der Waals surface area contributed by atoms with Crippen LogP contribution in [0.2, 0.25) is 0 Å². The van der Waals surface area contributed by atoms with E-state index in [0.717, 1.165) is 12.8 Å². The third kappa shape index (κ3) is 20.2. The van der Waals surface area contributed by atoms with E-state index in [4.69, 9.17) is 15.0 Å². The Bertz CT molecular complexity index is 538. The van der Waals surface area contributed by atoms with E-state index < -0.39 is 13.4 Å². The van der Waals surface area contributed by atoms with Crippen molar-refractivity contribution < 1.29 is 28.1 Å². The topological polar surface area (TPSA) is 102 Å². The van der Waals surface area contributed by atoms with Crippen LogP contribution in [0.15, 0.2) is 0 Å². The first-order chi connectivity index (χ1) is 15.8.